The van der Waals surface area contributed by atoms with E-state index in [0.29, 0.717) is 5.92 Å². The molecule has 1 saturated heterocycles. The minimum atomic E-state index is -0.0000903. The molecule has 6 nitrogen and oxygen atoms in total. The summed E-state index contributed by atoms with van der Waals surface area (Å²) in [4.78, 5) is 21.5. The zero-order chi connectivity index (χ0) is 20.4. The lowest BCUT2D eigenvalue weighted by Gasteiger charge is -2.22. The quantitative estimate of drug-likeness (QED) is 0.167. The summed E-state index contributed by atoms with van der Waals surface area (Å²) in [5.74, 6) is 2.23. The zero-order valence-electron chi connectivity index (χ0n) is 17.4. The summed E-state index contributed by atoms with van der Waals surface area (Å²) in [6.45, 7) is 6.32. The molecule has 164 valence electrons. The highest BCUT2D eigenvalue weighted by molar-refractivity contribution is 14.0. The Morgan fingerprint density at radius 3 is 2.76 bits per heavy atom. The second kappa shape index (κ2) is 14.3. The fourth-order valence-corrected chi connectivity index (χ4v) is 3.75. The molecule has 9 heteroatoms. The third kappa shape index (κ3) is 9.76. The summed E-state index contributed by atoms with van der Waals surface area (Å²) in [6.07, 6.45) is 1.09. The first-order valence-corrected chi connectivity index (χ1v) is 11.1. The number of likely N-dealkylation sites (tertiary alicyclic amines) is 1. The number of aliphatic imine (C=N–C) groups is 1. The van der Waals surface area contributed by atoms with Crippen molar-refractivity contribution in [3.05, 3.63) is 29.3 Å². The molecule has 0 spiro atoms. The van der Waals surface area contributed by atoms with E-state index in [0.717, 1.165) is 56.0 Å². The largest absolute Gasteiger partial charge is 0.381 e. The minimum Gasteiger partial charge on any atom is -0.381 e. The van der Waals surface area contributed by atoms with Gasteiger partial charge in [0.05, 0.1) is 6.61 Å². The molecule has 1 heterocycles. The van der Waals surface area contributed by atoms with Crippen molar-refractivity contribution < 1.29 is 9.53 Å². The number of benzene rings is 1. The molecule has 1 fully saturated rings. The molecular formula is C20H32ClIN4O2S. The molecule has 1 amide bonds. The van der Waals surface area contributed by atoms with Crippen LogP contribution in [0.3, 0.4) is 0 Å². The number of amides is 1. The van der Waals surface area contributed by atoms with Crippen LogP contribution in [0.5, 0.6) is 0 Å². The van der Waals surface area contributed by atoms with Gasteiger partial charge in [0.1, 0.15) is 6.54 Å². The van der Waals surface area contributed by atoms with Crippen molar-refractivity contribution in [1.82, 2.24) is 15.1 Å². The summed E-state index contributed by atoms with van der Waals surface area (Å²) < 4.78 is 5.57. The molecule has 1 aromatic rings. The summed E-state index contributed by atoms with van der Waals surface area (Å²) >= 11 is 7.70. The molecule has 0 bridgehead atoms. The maximum atomic E-state index is 11.9. The van der Waals surface area contributed by atoms with Crippen LogP contribution in [0, 0.1) is 5.92 Å². The van der Waals surface area contributed by atoms with Crippen LogP contribution in [0.4, 0.5) is 0 Å². The lowest BCUT2D eigenvalue weighted by molar-refractivity contribution is -0.127. The van der Waals surface area contributed by atoms with E-state index in [-0.39, 0.29) is 36.4 Å². The van der Waals surface area contributed by atoms with Gasteiger partial charge >= 0.3 is 0 Å². The number of hydrogen-bond acceptors (Lipinski definition) is 4. The number of nitrogens with one attached hydrogen (secondary N) is 1. The average molecular weight is 555 g/mol. The third-order valence-corrected chi connectivity index (χ3v) is 5.74. The fraction of sp³-hybridized carbons (Fsp3) is 0.600. The predicted molar refractivity (Wildman–Crippen MR) is 133 cm³/mol. The molecule has 1 atom stereocenters. The molecule has 1 aromatic carbocycles. The Morgan fingerprint density at radius 2 is 2.10 bits per heavy atom. The van der Waals surface area contributed by atoms with Crippen LogP contribution in [0.15, 0.2) is 34.2 Å². The lowest BCUT2D eigenvalue weighted by Crippen LogP contribution is -2.42. The first kappa shape index (κ1) is 26.3. The average Bonchev–Trinajstić information content (AvgIpc) is 3.15. The number of carbonyl (C=O) groups excluding carboxylic acids is 1. The van der Waals surface area contributed by atoms with E-state index in [4.69, 9.17) is 16.3 Å². The van der Waals surface area contributed by atoms with E-state index in [9.17, 15) is 4.79 Å². The first-order valence-electron chi connectivity index (χ1n) is 9.69. The molecule has 29 heavy (non-hydrogen) atoms. The number of rotatable bonds is 9. The van der Waals surface area contributed by atoms with Gasteiger partial charge in [-0.25, -0.2) is 4.99 Å². The van der Waals surface area contributed by atoms with E-state index in [2.05, 4.69) is 15.2 Å². The maximum absolute atomic E-state index is 11.9. The normalized spacial score (nSPS) is 16.5. The van der Waals surface area contributed by atoms with Crippen LogP contribution < -0.4 is 5.32 Å². The molecule has 2 rings (SSSR count). The van der Waals surface area contributed by atoms with Crippen LogP contribution in [-0.2, 0) is 9.53 Å². The number of likely N-dealkylation sites (N-methyl/N-ethyl adjacent to an activating group) is 1. The van der Waals surface area contributed by atoms with Crippen LogP contribution >= 0.6 is 47.3 Å². The number of hydrogen-bond donors (Lipinski definition) is 1. The molecule has 0 aliphatic carbocycles. The van der Waals surface area contributed by atoms with Gasteiger partial charge in [-0.2, -0.15) is 0 Å². The summed E-state index contributed by atoms with van der Waals surface area (Å²) in [7, 11) is 3.50. The molecule has 0 aromatic heterocycles. The molecule has 0 radical (unpaired) electrons. The van der Waals surface area contributed by atoms with Crippen LogP contribution in [0.2, 0.25) is 5.02 Å². The van der Waals surface area contributed by atoms with Crippen molar-refractivity contribution in [2.45, 2.75) is 18.2 Å². The summed E-state index contributed by atoms with van der Waals surface area (Å²) in [5.41, 5.74) is 0. The Labute approximate surface area is 200 Å². The Kier molecular flexibility index (Phi) is 13.0. The second-order valence-corrected chi connectivity index (χ2v) is 8.52. The molecule has 1 unspecified atom stereocenters. The Hall–Kier alpha value is -0.710. The highest BCUT2D eigenvalue weighted by atomic mass is 127. The zero-order valence-corrected chi connectivity index (χ0v) is 21.3. The van der Waals surface area contributed by atoms with Crippen LogP contribution in [-0.4, -0.2) is 80.9 Å². The van der Waals surface area contributed by atoms with Gasteiger partial charge in [-0.1, -0.05) is 11.6 Å². The van der Waals surface area contributed by atoms with E-state index >= 15 is 0 Å². The number of nitrogens with zero attached hydrogens (tertiary/aromatic N) is 3. The standard InChI is InChI=1S/C20H31ClN4O2S.HI/c1-4-27-15-16-9-11-25(14-16)20(23-13-19(26)24(2)3)22-10-12-28-18-7-5-17(21)6-8-18;/h5-8,16H,4,9-15H2,1-3H3,(H,22,23);1H. The van der Waals surface area contributed by atoms with Crippen LogP contribution in [0.25, 0.3) is 0 Å². The van der Waals surface area contributed by atoms with Crippen molar-refractivity contribution in [1.29, 1.82) is 0 Å². The topological polar surface area (TPSA) is 57.2 Å². The van der Waals surface area contributed by atoms with E-state index in [1.54, 1.807) is 30.8 Å². The Morgan fingerprint density at radius 1 is 1.38 bits per heavy atom. The van der Waals surface area contributed by atoms with Crippen molar-refractivity contribution in [3.63, 3.8) is 0 Å². The molecule has 1 N–H and O–H groups in total. The maximum Gasteiger partial charge on any atom is 0.243 e. The van der Waals surface area contributed by atoms with Gasteiger partial charge in [0.15, 0.2) is 5.96 Å². The number of guanidine groups is 1. The number of ether oxygens (including phenoxy) is 1. The number of thioether (sulfide) groups is 1. The van der Waals surface area contributed by atoms with E-state index < -0.39 is 0 Å². The van der Waals surface area contributed by atoms with Crippen molar-refractivity contribution in [3.8, 4) is 0 Å². The molecule has 0 saturated carbocycles. The highest BCUT2D eigenvalue weighted by Gasteiger charge is 2.25. The summed E-state index contributed by atoms with van der Waals surface area (Å²) in [6, 6.07) is 7.85. The van der Waals surface area contributed by atoms with E-state index in [1.165, 1.54) is 4.90 Å². The van der Waals surface area contributed by atoms with E-state index in [1.807, 2.05) is 31.2 Å². The van der Waals surface area contributed by atoms with Gasteiger partial charge < -0.3 is 19.9 Å². The molecule has 1 aliphatic heterocycles. The second-order valence-electron chi connectivity index (χ2n) is 6.92. The number of carbonyl (C=O) groups is 1. The summed E-state index contributed by atoms with van der Waals surface area (Å²) in [5, 5.41) is 4.18. The van der Waals surface area contributed by atoms with Gasteiger partial charge in [-0.15, -0.1) is 35.7 Å². The Bertz CT molecular complexity index is 646. The molecule has 1 aliphatic rings. The van der Waals surface area contributed by atoms with Crippen LogP contribution in [0.1, 0.15) is 13.3 Å². The third-order valence-electron chi connectivity index (χ3n) is 4.47. The minimum absolute atomic E-state index is 0. The smallest absolute Gasteiger partial charge is 0.243 e. The highest BCUT2D eigenvalue weighted by Crippen LogP contribution is 2.20. The first-order chi connectivity index (χ1) is 13.5. The van der Waals surface area contributed by atoms with Crippen molar-refractivity contribution in [2.24, 2.45) is 10.9 Å². The van der Waals surface area contributed by atoms with Gasteiger partial charge in [0, 0.05) is 61.9 Å². The van der Waals surface area contributed by atoms with Crippen molar-refractivity contribution >= 4 is 59.2 Å². The fourth-order valence-electron chi connectivity index (χ4n) is 2.86. The van der Waals surface area contributed by atoms with Gasteiger partial charge in [-0.3, -0.25) is 4.79 Å². The van der Waals surface area contributed by atoms with Gasteiger partial charge in [-0.05, 0) is 37.6 Å². The lowest BCUT2D eigenvalue weighted by atomic mass is 10.1. The number of halogens is 2. The van der Waals surface area contributed by atoms with Gasteiger partial charge in [0.25, 0.3) is 0 Å². The predicted octanol–water partition coefficient (Wildman–Crippen LogP) is 3.44. The molecular weight excluding hydrogens is 523 g/mol. The van der Waals surface area contributed by atoms with Crippen molar-refractivity contribution in [2.75, 3.05) is 59.2 Å². The monoisotopic (exact) mass is 554 g/mol. The SMILES string of the molecule is CCOCC1CCN(C(=NCC(=O)N(C)C)NCCSc2ccc(Cl)cc2)C1.I. The Balaban J connectivity index is 0.00000420. The van der Waals surface area contributed by atoms with Gasteiger partial charge in [0.2, 0.25) is 5.91 Å².